The molecule has 0 fully saturated rings. The van der Waals surface area contributed by atoms with Gasteiger partial charge in [0.25, 0.3) is 0 Å². The highest BCUT2D eigenvalue weighted by atomic mass is 19.4. The summed E-state index contributed by atoms with van der Waals surface area (Å²) >= 11 is 0. The van der Waals surface area contributed by atoms with E-state index in [-0.39, 0.29) is 18.2 Å². The quantitative estimate of drug-likeness (QED) is 0.808. The average molecular weight is 290 g/mol. The summed E-state index contributed by atoms with van der Waals surface area (Å²) in [7, 11) is 0. The topological polar surface area (TPSA) is 62.2 Å². The van der Waals surface area contributed by atoms with Crippen molar-refractivity contribution in [2.24, 2.45) is 5.92 Å². The largest absolute Gasteiger partial charge is 0.481 e. The van der Waals surface area contributed by atoms with E-state index in [4.69, 9.17) is 5.11 Å². The number of nitrogens with zero attached hydrogens (tertiary/aromatic N) is 1. The van der Waals surface area contributed by atoms with Gasteiger partial charge in [-0.1, -0.05) is 6.92 Å². The number of aliphatic carboxylic acids is 1. The number of hydrogen-bond donors (Lipinski definition) is 2. The van der Waals surface area contributed by atoms with Crippen molar-refractivity contribution in [3.8, 4) is 0 Å². The number of pyridine rings is 1. The van der Waals surface area contributed by atoms with Crippen LogP contribution in [-0.4, -0.2) is 22.6 Å². The smallest absolute Gasteiger partial charge is 0.419 e. The summed E-state index contributed by atoms with van der Waals surface area (Å²) < 4.78 is 38.1. The van der Waals surface area contributed by atoms with Gasteiger partial charge in [0.1, 0.15) is 5.82 Å². The number of alkyl halides is 3. The van der Waals surface area contributed by atoms with Crippen LogP contribution in [-0.2, 0) is 11.0 Å². The molecule has 0 spiro atoms. The number of nitrogens with one attached hydrogen (secondary N) is 1. The average Bonchev–Trinajstić information content (AvgIpc) is 2.36. The van der Waals surface area contributed by atoms with Gasteiger partial charge in [-0.25, -0.2) is 4.98 Å². The number of hydrogen-bond acceptors (Lipinski definition) is 3. The first kappa shape index (κ1) is 16.3. The van der Waals surface area contributed by atoms with E-state index in [1.54, 1.807) is 0 Å². The zero-order valence-corrected chi connectivity index (χ0v) is 11.1. The Morgan fingerprint density at radius 3 is 2.75 bits per heavy atom. The zero-order valence-electron chi connectivity index (χ0n) is 11.1. The molecule has 0 aliphatic carbocycles. The minimum atomic E-state index is -4.44. The summed E-state index contributed by atoms with van der Waals surface area (Å²) in [5, 5.41) is 11.2. The monoisotopic (exact) mass is 290 g/mol. The molecule has 0 saturated heterocycles. The van der Waals surface area contributed by atoms with Gasteiger partial charge in [0.05, 0.1) is 5.56 Å². The Hall–Kier alpha value is -1.79. The molecule has 20 heavy (non-hydrogen) atoms. The van der Waals surface area contributed by atoms with Crippen molar-refractivity contribution in [3.05, 3.63) is 23.9 Å². The van der Waals surface area contributed by atoms with Crippen LogP contribution in [0.15, 0.2) is 18.3 Å². The summed E-state index contributed by atoms with van der Waals surface area (Å²) in [6.45, 7) is 2.19. The Kier molecular flexibility index (Phi) is 5.79. The molecule has 4 nitrogen and oxygen atoms in total. The van der Waals surface area contributed by atoms with Gasteiger partial charge in [0.15, 0.2) is 0 Å². The second-order valence-electron chi connectivity index (χ2n) is 4.65. The van der Waals surface area contributed by atoms with Gasteiger partial charge in [0.2, 0.25) is 0 Å². The predicted molar refractivity (Wildman–Crippen MR) is 68.4 cm³/mol. The molecule has 1 unspecified atom stereocenters. The normalized spacial score (nSPS) is 13.0. The number of anilines is 1. The molecule has 0 radical (unpaired) electrons. The van der Waals surface area contributed by atoms with Crippen molar-refractivity contribution in [1.29, 1.82) is 0 Å². The van der Waals surface area contributed by atoms with Gasteiger partial charge in [-0.2, -0.15) is 13.2 Å². The molecule has 0 bridgehead atoms. The van der Waals surface area contributed by atoms with Crippen molar-refractivity contribution in [2.75, 3.05) is 11.9 Å². The maximum absolute atomic E-state index is 12.7. The molecular weight excluding hydrogens is 273 g/mol. The Labute approximate surface area is 115 Å². The molecule has 1 aromatic heterocycles. The Morgan fingerprint density at radius 2 is 2.15 bits per heavy atom. The lowest BCUT2D eigenvalue weighted by molar-refractivity contribution is -0.138. The second-order valence-corrected chi connectivity index (χ2v) is 4.65. The summed E-state index contributed by atoms with van der Waals surface area (Å²) in [6.07, 6.45) is -1.98. The van der Waals surface area contributed by atoms with E-state index >= 15 is 0 Å². The maximum Gasteiger partial charge on any atom is 0.419 e. The third-order valence-corrected chi connectivity index (χ3v) is 2.89. The predicted octanol–water partition coefficient (Wildman–Crippen LogP) is 3.40. The van der Waals surface area contributed by atoms with E-state index in [0.717, 1.165) is 6.07 Å². The van der Waals surface area contributed by atoms with Gasteiger partial charge in [-0.05, 0) is 30.9 Å². The molecule has 112 valence electrons. The molecule has 1 aromatic rings. The van der Waals surface area contributed by atoms with Crippen molar-refractivity contribution in [2.45, 2.75) is 32.4 Å². The number of carbonyl (C=O) groups is 1. The minimum absolute atomic E-state index is 0.0680. The lowest BCUT2D eigenvalue weighted by Gasteiger charge is -2.15. The zero-order chi connectivity index (χ0) is 15.2. The third-order valence-electron chi connectivity index (χ3n) is 2.89. The first-order valence-electron chi connectivity index (χ1n) is 6.28. The highest BCUT2D eigenvalue weighted by Gasteiger charge is 2.33. The first-order valence-corrected chi connectivity index (χ1v) is 6.28. The molecule has 1 heterocycles. The van der Waals surface area contributed by atoms with Gasteiger partial charge in [-0.15, -0.1) is 0 Å². The van der Waals surface area contributed by atoms with E-state index in [0.29, 0.717) is 19.4 Å². The third kappa shape index (κ3) is 5.46. The van der Waals surface area contributed by atoms with E-state index in [1.807, 2.05) is 6.92 Å². The molecular formula is C13H17F3N2O2. The van der Waals surface area contributed by atoms with E-state index in [1.165, 1.54) is 12.3 Å². The summed E-state index contributed by atoms with van der Waals surface area (Å²) in [4.78, 5) is 14.1. The molecule has 0 amide bonds. The van der Waals surface area contributed by atoms with Crippen LogP contribution in [0.1, 0.15) is 31.7 Å². The van der Waals surface area contributed by atoms with Crippen LogP contribution in [0.4, 0.5) is 19.0 Å². The van der Waals surface area contributed by atoms with Crippen molar-refractivity contribution >= 4 is 11.8 Å². The Balaban J connectivity index is 2.48. The molecule has 1 atom stereocenters. The van der Waals surface area contributed by atoms with Gasteiger partial charge in [0, 0.05) is 19.2 Å². The Morgan fingerprint density at radius 1 is 1.45 bits per heavy atom. The van der Waals surface area contributed by atoms with Crippen molar-refractivity contribution in [1.82, 2.24) is 4.98 Å². The van der Waals surface area contributed by atoms with Crippen LogP contribution in [0.3, 0.4) is 0 Å². The highest BCUT2D eigenvalue weighted by Crippen LogP contribution is 2.33. The van der Waals surface area contributed by atoms with Gasteiger partial charge >= 0.3 is 12.1 Å². The van der Waals surface area contributed by atoms with E-state index in [2.05, 4.69) is 10.3 Å². The lowest BCUT2D eigenvalue weighted by Crippen LogP contribution is -2.14. The SMILES string of the molecule is CC(CCNc1ncccc1C(F)(F)F)CCC(=O)O. The van der Waals surface area contributed by atoms with Crippen LogP contribution < -0.4 is 5.32 Å². The van der Waals surface area contributed by atoms with E-state index < -0.39 is 17.7 Å². The molecule has 0 aliphatic heterocycles. The number of aromatic nitrogens is 1. The Bertz CT molecular complexity index is 449. The van der Waals surface area contributed by atoms with Gasteiger partial charge < -0.3 is 10.4 Å². The lowest BCUT2D eigenvalue weighted by atomic mass is 10.0. The fraction of sp³-hybridized carbons (Fsp3) is 0.538. The van der Waals surface area contributed by atoms with Crippen molar-refractivity contribution in [3.63, 3.8) is 0 Å². The van der Waals surface area contributed by atoms with Crippen LogP contribution in [0, 0.1) is 5.92 Å². The molecule has 1 rings (SSSR count). The molecule has 0 aliphatic rings. The highest BCUT2D eigenvalue weighted by molar-refractivity contribution is 5.66. The van der Waals surface area contributed by atoms with Gasteiger partial charge in [-0.3, -0.25) is 4.79 Å². The number of halogens is 3. The van der Waals surface area contributed by atoms with Crippen LogP contribution >= 0.6 is 0 Å². The number of carboxylic acid groups (broad SMARTS) is 1. The fourth-order valence-corrected chi connectivity index (χ4v) is 1.73. The molecule has 2 N–H and O–H groups in total. The van der Waals surface area contributed by atoms with E-state index in [9.17, 15) is 18.0 Å². The van der Waals surface area contributed by atoms with Crippen molar-refractivity contribution < 1.29 is 23.1 Å². The summed E-state index contributed by atoms with van der Waals surface area (Å²) in [5.41, 5.74) is -0.793. The number of rotatable bonds is 7. The fourth-order valence-electron chi connectivity index (χ4n) is 1.73. The minimum Gasteiger partial charge on any atom is -0.481 e. The second kappa shape index (κ2) is 7.12. The molecule has 0 saturated carbocycles. The first-order chi connectivity index (χ1) is 9.30. The summed E-state index contributed by atoms with van der Waals surface area (Å²) in [5.74, 6) is -0.934. The molecule has 0 aromatic carbocycles. The van der Waals surface area contributed by atoms with Crippen LogP contribution in [0.25, 0.3) is 0 Å². The number of carboxylic acids is 1. The van der Waals surface area contributed by atoms with Crippen LogP contribution in [0.2, 0.25) is 0 Å². The van der Waals surface area contributed by atoms with Crippen LogP contribution in [0.5, 0.6) is 0 Å². The standard InChI is InChI=1S/C13H17F3N2O2/c1-9(4-5-11(19)20)6-8-18-12-10(13(14,15)16)3-2-7-17-12/h2-3,7,9H,4-6,8H2,1H3,(H,17,18)(H,19,20). The molecule has 7 heteroatoms. The summed E-state index contributed by atoms with van der Waals surface area (Å²) in [6, 6.07) is 2.21. The maximum atomic E-state index is 12.7.